The van der Waals surface area contributed by atoms with Gasteiger partial charge >= 0.3 is 5.97 Å². The molecule has 0 bridgehead atoms. The quantitative estimate of drug-likeness (QED) is 0.803. The van der Waals surface area contributed by atoms with Crippen LogP contribution in [0.5, 0.6) is 5.75 Å². The fourth-order valence-electron chi connectivity index (χ4n) is 1.13. The fourth-order valence-corrected chi connectivity index (χ4v) is 1.13. The molecule has 1 aromatic carbocycles. The second-order valence-corrected chi connectivity index (χ2v) is 3.18. The Labute approximate surface area is 88.4 Å². The van der Waals surface area contributed by atoms with Crippen molar-refractivity contribution >= 4 is 5.97 Å². The SMILES string of the molecule is COCc1cccc(O[C@@H](C)C(=O)O)c1. The van der Waals surface area contributed by atoms with Gasteiger partial charge in [0.2, 0.25) is 0 Å². The molecule has 0 heterocycles. The smallest absolute Gasteiger partial charge is 0.344 e. The van der Waals surface area contributed by atoms with Gasteiger partial charge < -0.3 is 14.6 Å². The Kier molecular flexibility index (Phi) is 4.12. The maximum atomic E-state index is 10.6. The van der Waals surface area contributed by atoms with E-state index in [1.165, 1.54) is 6.92 Å². The first-order chi connectivity index (χ1) is 7.13. The third-order valence-corrected chi connectivity index (χ3v) is 1.87. The van der Waals surface area contributed by atoms with Gasteiger partial charge in [-0.15, -0.1) is 0 Å². The molecule has 0 aliphatic heterocycles. The molecule has 4 nitrogen and oxygen atoms in total. The van der Waals surface area contributed by atoms with Crippen molar-refractivity contribution in [2.75, 3.05) is 7.11 Å². The number of hydrogen-bond acceptors (Lipinski definition) is 3. The average molecular weight is 210 g/mol. The van der Waals surface area contributed by atoms with Crippen molar-refractivity contribution in [1.29, 1.82) is 0 Å². The Morgan fingerprint density at radius 2 is 2.27 bits per heavy atom. The predicted molar refractivity (Wildman–Crippen MR) is 54.9 cm³/mol. The van der Waals surface area contributed by atoms with Crippen LogP contribution >= 0.6 is 0 Å². The summed E-state index contributed by atoms with van der Waals surface area (Å²) in [6, 6.07) is 7.18. The number of aliphatic carboxylic acids is 1. The molecule has 0 aliphatic rings. The standard InChI is InChI=1S/C11H14O4/c1-8(11(12)13)15-10-5-3-4-9(6-10)7-14-2/h3-6,8H,7H2,1-2H3,(H,12,13)/t8-/m0/s1. The van der Waals surface area contributed by atoms with E-state index in [0.717, 1.165) is 5.56 Å². The minimum atomic E-state index is -0.979. The summed E-state index contributed by atoms with van der Waals surface area (Å²) in [7, 11) is 1.60. The van der Waals surface area contributed by atoms with Crippen molar-refractivity contribution in [2.45, 2.75) is 19.6 Å². The highest BCUT2D eigenvalue weighted by Crippen LogP contribution is 2.15. The second kappa shape index (κ2) is 5.36. The first-order valence-electron chi connectivity index (χ1n) is 4.61. The van der Waals surface area contributed by atoms with Crippen molar-refractivity contribution in [1.82, 2.24) is 0 Å². The molecule has 1 N–H and O–H groups in total. The topological polar surface area (TPSA) is 55.8 Å². The minimum Gasteiger partial charge on any atom is -0.479 e. The lowest BCUT2D eigenvalue weighted by atomic mass is 10.2. The van der Waals surface area contributed by atoms with Gasteiger partial charge in [-0.1, -0.05) is 12.1 Å². The Bertz CT molecular complexity index is 335. The summed E-state index contributed by atoms with van der Waals surface area (Å²) in [5.41, 5.74) is 0.951. The molecule has 0 saturated heterocycles. The van der Waals surface area contributed by atoms with Gasteiger partial charge in [-0.05, 0) is 24.6 Å². The van der Waals surface area contributed by atoms with Crippen LogP contribution in [0.1, 0.15) is 12.5 Å². The van der Waals surface area contributed by atoms with Gasteiger partial charge in [0.15, 0.2) is 6.10 Å². The fraction of sp³-hybridized carbons (Fsp3) is 0.364. The summed E-state index contributed by atoms with van der Waals surface area (Å²) in [5.74, 6) is -0.438. The number of hydrogen-bond donors (Lipinski definition) is 1. The maximum Gasteiger partial charge on any atom is 0.344 e. The molecule has 15 heavy (non-hydrogen) atoms. The van der Waals surface area contributed by atoms with E-state index in [0.29, 0.717) is 12.4 Å². The predicted octanol–water partition coefficient (Wildman–Crippen LogP) is 1.68. The van der Waals surface area contributed by atoms with Gasteiger partial charge in [-0.3, -0.25) is 0 Å². The number of benzene rings is 1. The first-order valence-corrected chi connectivity index (χ1v) is 4.61. The molecule has 0 spiro atoms. The Morgan fingerprint density at radius 1 is 1.53 bits per heavy atom. The molecule has 82 valence electrons. The van der Waals surface area contributed by atoms with Gasteiger partial charge in [0.25, 0.3) is 0 Å². The van der Waals surface area contributed by atoms with Crippen LogP contribution in [0.25, 0.3) is 0 Å². The maximum absolute atomic E-state index is 10.6. The summed E-state index contributed by atoms with van der Waals surface area (Å²) < 4.78 is 10.2. The van der Waals surface area contributed by atoms with Crippen molar-refractivity contribution < 1.29 is 19.4 Å². The zero-order valence-electron chi connectivity index (χ0n) is 8.77. The lowest BCUT2D eigenvalue weighted by molar-refractivity contribution is -0.144. The van der Waals surface area contributed by atoms with Gasteiger partial charge in [0.1, 0.15) is 5.75 Å². The molecule has 1 rings (SSSR count). The van der Waals surface area contributed by atoms with Crippen LogP contribution < -0.4 is 4.74 Å². The number of carboxylic acid groups (broad SMARTS) is 1. The van der Waals surface area contributed by atoms with E-state index in [4.69, 9.17) is 14.6 Å². The molecule has 0 fully saturated rings. The normalized spacial score (nSPS) is 12.1. The zero-order chi connectivity index (χ0) is 11.3. The summed E-state index contributed by atoms with van der Waals surface area (Å²) in [6.07, 6.45) is -0.845. The molecule has 0 amide bonds. The van der Waals surface area contributed by atoms with E-state index < -0.39 is 12.1 Å². The third-order valence-electron chi connectivity index (χ3n) is 1.87. The monoisotopic (exact) mass is 210 g/mol. The summed E-state index contributed by atoms with van der Waals surface area (Å²) in [4.78, 5) is 10.6. The lowest BCUT2D eigenvalue weighted by Crippen LogP contribution is -2.22. The largest absolute Gasteiger partial charge is 0.479 e. The van der Waals surface area contributed by atoms with E-state index >= 15 is 0 Å². The molecule has 0 radical (unpaired) electrons. The zero-order valence-corrected chi connectivity index (χ0v) is 8.77. The highest BCUT2D eigenvalue weighted by molar-refractivity contribution is 5.72. The molecular weight excluding hydrogens is 196 g/mol. The highest BCUT2D eigenvalue weighted by Gasteiger charge is 2.12. The van der Waals surface area contributed by atoms with Crippen molar-refractivity contribution in [2.24, 2.45) is 0 Å². The van der Waals surface area contributed by atoms with Crippen molar-refractivity contribution in [3.63, 3.8) is 0 Å². The summed E-state index contributed by atoms with van der Waals surface area (Å²) in [5, 5.41) is 8.67. The molecule has 0 saturated carbocycles. The van der Waals surface area contributed by atoms with Crippen LogP contribution in [0.2, 0.25) is 0 Å². The van der Waals surface area contributed by atoms with Gasteiger partial charge in [0.05, 0.1) is 6.61 Å². The van der Waals surface area contributed by atoms with Crippen molar-refractivity contribution in [3.05, 3.63) is 29.8 Å². The number of rotatable bonds is 5. The summed E-state index contributed by atoms with van der Waals surface area (Å²) >= 11 is 0. The van der Waals surface area contributed by atoms with E-state index in [1.807, 2.05) is 6.07 Å². The van der Waals surface area contributed by atoms with Gasteiger partial charge in [-0.2, -0.15) is 0 Å². The Hall–Kier alpha value is -1.55. The van der Waals surface area contributed by atoms with E-state index in [9.17, 15) is 4.79 Å². The van der Waals surface area contributed by atoms with E-state index in [2.05, 4.69) is 0 Å². The van der Waals surface area contributed by atoms with Crippen LogP contribution in [-0.4, -0.2) is 24.3 Å². The molecule has 1 atom stereocenters. The molecule has 0 aromatic heterocycles. The van der Waals surface area contributed by atoms with E-state index in [1.54, 1.807) is 25.3 Å². The number of ether oxygens (including phenoxy) is 2. The van der Waals surface area contributed by atoms with Crippen LogP contribution in [0.15, 0.2) is 24.3 Å². The Morgan fingerprint density at radius 3 is 2.87 bits per heavy atom. The molecule has 4 heteroatoms. The third kappa shape index (κ3) is 3.59. The van der Waals surface area contributed by atoms with Crippen LogP contribution in [-0.2, 0) is 16.1 Å². The molecule has 0 unspecified atom stereocenters. The average Bonchev–Trinajstić information content (AvgIpc) is 2.18. The molecule has 0 aliphatic carbocycles. The number of methoxy groups -OCH3 is 1. The first kappa shape index (κ1) is 11.5. The highest BCUT2D eigenvalue weighted by atomic mass is 16.5. The molecule has 1 aromatic rings. The minimum absolute atomic E-state index is 0.485. The van der Waals surface area contributed by atoms with E-state index in [-0.39, 0.29) is 0 Å². The van der Waals surface area contributed by atoms with Gasteiger partial charge in [0, 0.05) is 7.11 Å². The summed E-state index contributed by atoms with van der Waals surface area (Å²) in [6.45, 7) is 1.98. The lowest BCUT2D eigenvalue weighted by Gasteiger charge is -2.11. The second-order valence-electron chi connectivity index (χ2n) is 3.18. The number of carboxylic acids is 1. The number of carbonyl (C=O) groups is 1. The van der Waals surface area contributed by atoms with Crippen molar-refractivity contribution in [3.8, 4) is 5.75 Å². The van der Waals surface area contributed by atoms with Gasteiger partial charge in [-0.25, -0.2) is 4.79 Å². The van der Waals surface area contributed by atoms with Crippen LogP contribution in [0, 0.1) is 0 Å². The Balaban J connectivity index is 2.68. The van der Waals surface area contributed by atoms with Crippen LogP contribution in [0.3, 0.4) is 0 Å². The van der Waals surface area contributed by atoms with Crippen LogP contribution in [0.4, 0.5) is 0 Å². The molecular formula is C11H14O4.